The zero-order chi connectivity index (χ0) is 15.6. The molecule has 1 rings (SSSR count). The van der Waals surface area contributed by atoms with Crippen LogP contribution in [0.5, 0.6) is 5.75 Å². The van der Waals surface area contributed by atoms with E-state index in [2.05, 4.69) is 0 Å². The second-order valence-corrected chi connectivity index (χ2v) is 6.58. The predicted octanol–water partition coefficient (Wildman–Crippen LogP) is 3.78. The molecule has 0 aliphatic heterocycles. The average Bonchev–Trinajstić information content (AvgIpc) is 2.22. The summed E-state index contributed by atoms with van der Waals surface area (Å²) in [6.07, 6.45) is -6.15. The van der Waals surface area contributed by atoms with Crippen molar-refractivity contribution in [3.8, 4) is 5.75 Å². The van der Waals surface area contributed by atoms with Crippen LogP contribution in [0, 0.1) is 0 Å². The molecule has 0 saturated carbocycles. The van der Waals surface area contributed by atoms with Gasteiger partial charge < -0.3 is 5.11 Å². The van der Waals surface area contributed by atoms with Gasteiger partial charge in [-0.1, -0.05) is 23.2 Å². The molecule has 10 heteroatoms. The maximum atomic E-state index is 11.9. The Hall–Kier alpha value is -0.860. The molecule has 1 aromatic carbocycles. The topological polar surface area (TPSA) is 66.4 Å². The minimum Gasteiger partial charge on any atom is -0.505 e. The predicted molar refractivity (Wildman–Crippen MR) is 70.8 cm³/mol. The SMILES string of the molecule is O=S(=O)(CCCC(F)(F)F)Nc1cc(Cl)c(O)c(Cl)c1. The number of sulfonamides is 1. The van der Waals surface area contributed by atoms with E-state index in [-0.39, 0.29) is 15.7 Å². The van der Waals surface area contributed by atoms with Crippen LogP contribution in [0.25, 0.3) is 0 Å². The lowest BCUT2D eigenvalue weighted by atomic mass is 10.3. The highest BCUT2D eigenvalue weighted by atomic mass is 35.5. The number of phenols is 1. The summed E-state index contributed by atoms with van der Waals surface area (Å²) in [5.74, 6) is -1.10. The van der Waals surface area contributed by atoms with Crippen LogP contribution >= 0.6 is 23.2 Å². The van der Waals surface area contributed by atoms with Gasteiger partial charge in [0, 0.05) is 6.42 Å². The van der Waals surface area contributed by atoms with Crippen LogP contribution in [-0.4, -0.2) is 25.5 Å². The first kappa shape index (κ1) is 17.2. The number of nitrogens with one attached hydrogen (secondary N) is 1. The van der Waals surface area contributed by atoms with Crippen molar-refractivity contribution < 1.29 is 26.7 Å². The van der Waals surface area contributed by atoms with Gasteiger partial charge in [0.2, 0.25) is 10.0 Å². The highest BCUT2D eigenvalue weighted by molar-refractivity contribution is 7.92. The molecule has 0 saturated heterocycles. The fraction of sp³-hybridized carbons (Fsp3) is 0.400. The molecule has 0 fully saturated rings. The van der Waals surface area contributed by atoms with Crippen molar-refractivity contribution in [2.24, 2.45) is 0 Å². The fourth-order valence-corrected chi connectivity index (χ4v) is 2.91. The second-order valence-electron chi connectivity index (χ2n) is 3.93. The van der Waals surface area contributed by atoms with E-state index >= 15 is 0 Å². The molecule has 0 unspecified atom stereocenters. The summed E-state index contributed by atoms with van der Waals surface area (Å²) in [5, 5.41) is 8.94. The molecule has 0 aromatic heterocycles. The molecule has 0 amide bonds. The minimum absolute atomic E-state index is 0.0372. The monoisotopic (exact) mass is 351 g/mol. The Labute approximate surface area is 123 Å². The maximum absolute atomic E-state index is 11.9. The molecule has 2 N–H and O–H groups in total. The van der Waals surface area contributed by atoms with Gasteiger partial charge in [-0.2, -0.15) is 13.2 Å². The van der Waals surface area contributed by atoms with Crippen LogP contribution in [0.15, 0.2) is 12.1 Å². The number of hydrogen-bond donors (Lipinski definition) is 2. The zero-order valence-corrected chi connectivity index (χ0v) is 12.2. The van der Waals surface area contributed by atoms with Crippen LogP contribution in [-0.2, 0) is 10.0 Å². The van der Waals surface area contributed by atoms with Gasteiger partial charge in [0.25, 0.3) is 0 Å². The van der Waals surface area contributed by atoms with Gasteiger partial charge in [0.15, 0.2) is 5.75 Å². The second kappa shape index (κ2) is 6.28. The summed E-state index contributed by atoms with van der Waals surface area (Å²) in [6.45, 7) is 0. The molecule has 0 heterocycles. The van der Waals surface area contributed by atoms with E-state index in [0.29, 0.717) is 0 Å². The lowest BCUT2D eigenvalue weighted by molar-refractivity contribution is -0.134. The van der Waals surface area contributed by atoms with E-state index in [1.807, 2.05) is 4.72 Å². The molecule has 0 spiro atoms. The summed E-state index contributed by atoms with van der Waals surface area (Å²) < 4.78 is 61.0. The Kier molecular flexibility index (Phi) is 5.39. The third-order valence-electron chi connectivity index (χ3n) is 2.16. The lowest BCUT2D eigenvalue weighted by Crippen LogP contribution is -2.18. The molecule has 0 atom stereocenters. The van der Waals surface area contributed by atoms with Crippen molar-refractivity contribution in [3.63, 3.8) is 0 Å². The standard InChI is InChI=1S/C10H10Cl2F3NO3S/c11-7-4-6(5-8(12)9(7)17)16-20(18,19)3-1-2-10(13,14)15/h4-5,16-17H,1-3H2. The van der Waals surface area contributed by atoms with Crippen molar-refractivity contribution >= 4 is 38.9 Å². The largest absolute Gasteiger partial charge is 0.505 e. The average molecular weight is 352 g/mol. The van der Waals surface area contributed by atoms with E-state index in [0.717, 1.165) is 12.1 Å². The highest BCUT2D eigenvalue weighted by Crippen LogP contribution is 2.35. The van der Waals surface area contributed by atoms with Crippen LogP contribution in [0.4, 0.5) is 18.9 Å². The molecule has 0 bridgehead atoms. The van der Waals surface area contributed by atoms with Gasteiger partial charge in [0.1, 0.15) is 0 Å². The summed E-state index contributed by atoms with van der Waals surface area (Å²) in [7, 11) is -3.95. The van der Waals surface area contributed by atoms with Gasteiger partial charge in [0.05, 0.1) is 21.5 Å². The summed E-state index contributed by atoms with van der Waals surface area (Å²) in [4.78, 5) is 0. The van der Waals surface area contributed by atoms with Crippen molar-refractivity contribution in [3.05, 3.63) is 22.2 Å². The van der Waals surface area contributed by atoms with Gasteiger partial charge >= 0.3 is 6.18 Å². The number of aromatic hydroxyl groups is 1. The molecule has 1 aromatic rings. The Morgan fingerprint density at radius 2 is 1.70 bits per heavy atom. The van der Waals surface area contributed by atoms with E-state index in [4.69, 9.17) is 23.2 Å². The van der Waals surface area contributed by atoms with Crippen LogP contribution in [0.3, 0.4) is 0 Å². The molecule has 20 heavy (non-hydrogen) atoms. The summed E-state index contributed by atoms with van der Waals surface area (Å²) in [6, 6.07) is 2.20. The molecule has 0 aliphatic carbocycles. The first-order valence-electron chi connectivity index (χ1n) is 5.25. The first-order chi connectivity index (χ1) is 9.00. The molecular weight excluding hydrogens is 342 g/mol. The number of rotatable bonds is 5. The lowest BCUT2D eigenvalue weighted by Gasteiger charge is -2.10. The zero-order valence-electron chi connectivity index (χ0n) is 9.84. The maximum Gasteiger partial charge on any atom is 0.389 e. The van der Waals surface area contributed by atoms with Gasteiger partial charge in [-0.25, -0.2) is 8.42 Å². The number of alkyl halides is 3. The minimum atomic E-state index is -4.40. The number of hydrogen-bond acceptors (Lipinski definition) is 3. The first-order valence-corrected chi connectivity index (χ1v) is 7.66. The third-order valence-corrected chi connectivity index (χ3v) is 4.11. The third kappa shape index (κ3) is 5.64. The molecule has 4 nitrogen and oxygen atoms in total. The Balaban J connectivity index is 2.72. The van der Waals surface area contributed by atoms with Crippen molar-refractivity contribution in [1.29, 1.82) is 0 Å². The molecule has 114 valence electrons. The van der Waals surface area contributed by atoms with E-state index in [1.165, 1.54) is 0 Å². The number of phenolic OH excluding ortho intramolecular Hbond substituents is 1. The summed E-state index contributed by atoms with van der Waals surface area (Å²) in [5.41, 5.74) is -0.0372. The van der Waals surface area contributed by atoms with Crippen molar-refractivity contribution in [1.82, 2.24) is 0 Å². The molecule has 0 aliphatic rings. The van der Waals surface area contributed by atoms with E-state index in [9.17, 15) is 26.7 Å². The Morgan fingerprint density at radius 3 is 2.15 bits per heavy atom. The Morgan fingerprint density at radius 1 is 1.20 bits per heavy atom. The van der Waals surface area contributed by atoms with Gasteiger partial charge in [-0.15, -0.1) is 0 Å². The summed E-state index contributed by atoms with van der Waals surface area (Å²) >= 11 is 11.2. The molecular formula is C10H10Cl2F3NO3S. The van der Waals surface area contributed by atoms with Crippen LogP contribution < -0.4 is 4.72 Å². The smallest absolute Gasteiger partial charge is 0.389 e. The number of halogens is 5. The number of benzene rings is 1. The Bertz CT molecular complexity index is 567. The van der Waals surface area contributed by atoms with Crippen molar-refractivity contribution in [2.75, 3.05) is 10.5 Å². The molecule has 0 radical (unpaired) electrons. The van der Waals surface area contributed by atoms with Crippen molar-refractivity contribution in [2.45, 2.75) is 19.0 Å². The normalized spacial score (nSPS) is 12.4. The highest BCUT2D eigenvalue weighted by Gasteiger charge is 2.27. The van der Waals surface area contributed by atoms with E-state index in [1.54, 1.807) is 0 Å². The fourth-order valence-electron chi connectivity index (χ4n) is 1.32. The quantitative estimate of drug-likeness (QED) is 0.793. The number of anilines is 1. The van der Waals surface area contributed by atoms with Gasteiger partial charge in [-0.3, -0.25) is 4.72 Å². The van der Waals surface area contributed by atoms with Crippen LogP contribution in [0.2, 0.25) is 10.0 Å². The van der Waals surface area contributed by atoms with Gasteiger partial charge in [-0.05, 0) is 18.6 Å². The van der Waals surface area contributed by atoms with Crippen LogP contribution in [0.1, 0.15) is 12.8 Å². The van der Waals surface area contributed by atoms with E-state index < -0.39 is 40.5 Å².